The third-order valence-electron chi connectivity index (χ3n) is 5.55. The normalized spacial score (nSPS) is 19.7. The number of benzene rings is 1. The SMILES string of the molecule is Cn1c(=O)c(-c2ccccc2Cl)cc2cnc(NC3CCC(CO)CC3)nc21. The molecule has 2 heterocycles. The highest BCUT2D eigenvalue weighted by atomic mass is 35.5. The Morgan fingerprint density at radius 3 is 2.68 bits per heavy atom. The van der Waals surface area contributed by atoms with Gasteiger partial charge in [0.15, 0.2) is 0 Å². The minimum atomic E-state index is -0.145. The molecule has 0 bridgehead atoms. The summed E-state index contributed by atoms with van der Waals surface area (Å²) in [6.07, 6.45) is 5.71. The molecular formula is C21H23ClN4O2. The Labute approximate surface area is 168 Å². The minimum absolute atomic E-state index is 0.145. The Kier molecular flexibility index (Phi) is 5.33. The van der Waals surface area contributed by atoms with Gasteiger partial charge in [-0.25, -0.2) is 4.98 Å². The Balaban J connectivity index is 1.66. The number of halogens is 1. The van der Waals surface area contributed by atoms with E-state index in [1.54, 1.807) is 29.9 Å². The van der Waals surface area contributed by atoms with E-state index in [0.29, 0.717) is 39.7 Å². The predicted molar refractivity (Wildman–Crippen MR) is 112 cm³/mol. The van der Waals surface area contributed by atoms with Crippen molar-refractivity contribution >= 4 is 28.6 Å². The van der Waals surface area contributed by atoms with Crippen molar-refractivity contribution in [1.29, 1.82) is 0 Å². The van der Waals surface area contributed by atoms with Gasteiger partial charge >= 0.3 is 0 Å². The van der Waals surface area contributed by atoms with Gasteiger partial charge in [0.1, 0.15) is 5.65 Å². The van der Waals surface area contributed by atoms with Crippen LogP contribution >= 0.6 is 11.6 Å². The first-order valence-electron chi connectivity index (χ1n) is 9.56. The number of aromatic nitrogens is 3. The molecule has 2 aromatic heterocycles. The van der Waals surface area contributed by atoms with Gasteiger partial charge in [-0.1, -0.05) is 29.8 Å². The highest BCUT2D eigenvalue weighted by Gasteiger charge is 2.21. The lowest BCUT2D eigenvalue weighted by Crippen LogP contribution is -2.28. The zero-order chi connectivity index (χ0) is 19.7. The van der Waals surface area contributed by atoms with E-state index in [2.05, 4.69) is 15.3 Å². The Morgan fingerprint density at radius 1 is 1.21 bits per heavy atom. The van der Waals surface area contributed by atoms with Crippen LogP contribution in [0.3, 0.4) is 0 Å². The summed E-state index contributed by atoms with van der Waals surface area (Å²) >= 11 is 6.28. The van der Waals surface area contributed by atoms with Gasteiger partial charge in [0, 0.05) is 47.4 Å². The highest BCUT2D eigenvalue weighted by Crippen LogP contribution is 2.28. The molecule has 0 aliphatic heterocycles. The molecule has 3 aromatic rings. The number of nitrogens with zero attached hydrogens (tertiary/aromatic N) is 3. The van der Waals surface area contributed by atoms with E-state index in [4.69, 9.17) is 11.6 Å². The zero-order valence-corrected chi connectivity index (χ0v) is 16.5. The third-order valence-corrected chi connectivity index (χ3v) is 5.88. The molecule has 1 saturated carbocycles. The van der Waals surface area contributed by atoms with Crippen molar-refractivity contribution < 1.29 is 5.11 Å². The minimum Gasteiger partial charge on any atom is -0.396 e. The van der Waals surface area contributed by atoms with E-state index in [-0.39, 0.29) is 12.2 Å². The van der Waals surface area contributed by atoms with E-state index < -0.39 is 0 Å². The first-order chi connectivity index (χ1) is 13.6. The number of hydrogen-bond donors (Lipinski definition) is 2. The number of nitrogens with one attached hydrogen (secondary N) is 1. The number of fused-ring (bicyclic) bond motifs is 1. The van der Waals surface area contributed by atoms with Gasteiger partial charge in [-0.3, -0.25) is 9.36 Å². The number of anilines is 1. The summed E-state index contributed by atoms with van der Waals surface area (Å²) < 4.78 is 1.55. The Bertz CT molecular complexity index is 1060. The monoisotopic (exact) mass is 398 g/mol. The number of rotatable bonds is 4. The van der Waals surface area contributed by atoms with Crippen LogP contribution in [0.1, 0.15) is 25.7 Å². The van der Waals surface area contributed by atoms with Gasteiger partial charge < -0.3 is 10.4 Å². The van der Waals surface area contributed by atoms with Crippen molar-refractivity contribution in [3.63, 3.8) is 0 Å². The van der Waals surface area contributed by atoms with Crippen molar-refractivity contribution in [3.8, 4) is 11.1 Å². The maximum atomic E-state index is 12.9. The molecule has 1 aliphatic carbocycles. The first kappa shape index (κ1) is 18.9. The van der Waals surface area contributed by atoms with Gasteiger partial charge in [-0.2, -0.15) is 4.98 Å². The zero-order valence-electron chi connectivity index (χ0n) is 15.7. The molecule has 0 spiro atoms. The third kappa shape index (κ3) is 3.62. The molecular weight excluding hydrogens is 376 g/mol. The number of pyridine rings is 1. The lowest BCUT2D eigenvalue weighted by atomic mass is 9.87. The van der Waals surface area contributed by atoms with E-state index in [0.717, 1.165) is 31.1 Å². The molecule has 7 heteroatoms. The molecule has 146 valence electrons. The highest BCUT2D eigenvalue weighted by molar-refractivity contribution is 6.33. The first-order valence-corrected chi connectivity index (χ1v) is 9.93. The Hall–Kier alpha value is -2.44. The van der Waals surface area contributed by atoms with Crippen LogP contribution in [0.25, 0.3) is 22.2 Å². The molecule has 1 aromatic carbocycles. The fraction of sp³-hybridized carbons (Fsp3) is 0.381. The average Bonchev–Trinajstić information content (AvgIpc) is 2.72. The van der Waals surface area contributed by atoms with Crippen LogP contribution in [0.2, 0.25) is 5.02 Å². The van der Waals surface area contributed by atoms with E-state index >= 15 is 0 Å². The summed E-state index contributed by atoms with van der Waals surface area (Å²) in [4.78, 5) is 21.9. The standard InChI is InChI=1S/C21H23ClN4O2/c1-26-19-14(10-17(20(26)28)16-4-2-3-5-18(16)22)11-23-21(25-19)24-15-8-6-13(12-27)7-9-15/h2-5,10-11,13,15,27H,6-9,12H2,1H3,(H,23,24,25). The molecule has 0 atom stereocenters. The summed E-state index contributed by atoms with van der Waals surface area (Å²) in [5.74, 6) is 0.931. The van der Waals surface area contributed by atoms with Crippen molar-refractivity contribution in [3.05, 3.63) is 51.9 Å². The van der Waals surface area contributed by atoms with Gasteiger partial charge in [0.2, 0.25) is 5.95 Å². The Morgan fingerprint density at radius 2 is 1.96 bits per heavy atom. The second-order valence-electron chi connectivity index (χ2n) is 7.42. The quantitative estimate of drug-likeness (QED) is 0.701. The molecule has 4 rings (SSSR count). The maximum absolute atomic E-state index is 12.9. The summed E-state index contributed by atoms with van der Waals surface area (Å²) in [5.41, 5.74) is 1.68. The van der Waals surface area contributed by atoms with E-state index in [9.17, 15) is 9.90 Å². The summed E-state index contributed by atoms with van der Waals surface area (Å²) in [6, 6.07) is 9.40. The summed E-state index contributed by atoms with van der Waals surface area (Å²) in [6.45, 7) is 0.259. The van der Waals surface area contributed by atoms with Crippen molar-refractivity contribution in [2.75, 3.05) is 11.9 Å². The molecule has 0 unspecified atom stereocenters. The number of aryl methyl sites for hydroxylation is 1. The molecule has 1 fully saturated rings. The van der Waals surface area contributed by atoms with Crippen LogP contribution < -0.4 is 10.9 Å². The van der Waals surface area contributed by atoms with Crippen LogP contribution in [0.4, 0.5) is 5.95 Å². The lowest BCUT2D eigenvalue weighted by molar-refractivity contribution is 0.185. The van der Waals surface area contributed by atoms with Crippen molar-refractivity contribution in [2.24, 2.45) is 13.0 Å². The van der Waals surface area contributed by atoms with Gasteiger partial charge in [-0.05, 0) is 43.7 Å². The number of aliphatic hydroxyl groups excluding tert-OH is 1. The lowest BCUT2D eigenvalue weighted by Gasteiger charge is -2.27. The molecule has 1 aliphatic rings. The number of aliphatic hydroxyl groups is 1. The van der Waals surface area contributed by atoms with E-state index in [1.165, 1.54) is 0 Å². The van der Waals surface area contributed by atoms with Gasteiger partial charge in [-0.15, -0.1) is 0 Å². The van der Waals surface area contributed by atoms with Crippen LogP contribution in [-0.4, -0.2) is 32.3 Å². The van der Waals surface area contributed by atoms with Crippen LogP contribution in [-0.2, 0) is 7.05 Å². The van der Waals surface area contributed by atoms with Crippen LogP contribution in [0.15, 0.2) is 41.3 Å². The summed E-state index contributed by atoms with van der Waals surface area (Å²) in [7, 11) is 1.72. The molecule has 0 radical (unpaired) electrons. The van der Waals surface area contributed by atoms with Gasteiger partial charge in [0.25, 0.3) is 5.56 Å². The fourth-order valence-electron chi connectivity index (χ4n) is 3.86. The largest absolute Gasteiger partial charge is 0.396 e. The fourth-order valence-corrected chi connectivity index (χ4v) is 4.10. The second-order valence-corrected chi connectivity index (χ2v) is 7.83. The predicted octanol–water partition coefficient (Wildman–Crippen LogP) is 3.61. The van der Waals surface area contributed by atoms with Crippen LogP contribution in [0, 0.1) is 5.92 Å². The van der Waals surface area contributed by atoms with Gasteiger partial charge in [0.05, 0.1) is 0 Å². The molecule has 0 saturated heterocycles. The average molecular weight is 399 g/mol. The van der Waals surface area contributed by atoms with E-state index in [1.807, 2.05) is 18.2 Å². The maximum Gasteiger partial charge on any atom is 0.259 e. The second kappa shape index (κ2) is 7.89. The topological polar surface area (TPSA) is 80.0 Å². The molecule has 6 nitrogen and oxygen atoms in total. The van der Waals surface area contributed by atoms with Crippen molar-refractivity contribution in [2.45, 2.75) is 31.7 Å². The summed E-state index contributed by atoms with van der Waals surface area (Å²) in [5, 5.41) is 14.0. The molecule has 2 N–H and O–H groups in total. The smallest absolute Gasteiger partial charge is 0.259 e. The molecule has 28 heavy (non-hydrogen) atoms. The van der Waals surface area contributed by atoms with Crippen LogP contribution in [0.5, 0.6) is 0 Å². The molecule has 0 amide bonds. The number of hydrogen-bond acceptors (Lipinski definition) is 5. The van der Waals surface area contributed by atoms with Crippen molar-refractivity contribution in [1.82, 2.24) is 14.5 Å².